The van der Waals surface area contributed by atoms with Crippen LogP contribution in [0, 0.1) is 0 Å². The number of nitrogens with zero attached hydrogens (tertiary/aromatic N) is 1. The van der Waals surface area contributed by atoms with Crippen molar-refractivity contribution in [3.05, 3.63) is 73.9 Å². The summed E-state index contributed by atoms with van der Waals surface area (Å²) in [7, 11) is 0. The van der Waals surface area contributed by atoms with Gasteiger partial charge in [0.25, 0.3) is 5.56 Å². The highest BCUT2D eigenvalue weighted by atomic mass is 32.1. The molecular formula is C13H8N2O3S. The third-order valence-corrected chi connectivity index (χ3v) is 3.63. The van der Waals surface area contributed by atoms with E-state index in [9.17, 15) is 14.4 Å². The number of aromatic nitrogens is 2. The van der Waals surface area contributed by atoms with Crippen LogP contribution in [0.25, 0.3) is 4.83 Å². The predicted molar refractivity (Wildman–Crippen MR) is 72.0 cm³/mol. The summed E-state index contributed by atoms with van der Waals surface area (Å²) in [4.78, 5) is 38.3. The summed E-state index contributed by atoms with van der Waals surface area (Å²) in [5.41, 5.74) is -0.769. The van der Waals surface area contributed by atoms with E-state index in [1.807, 2.05) is 0 Å². The Bertz CT molecular complexity index is 874. The minimum atomic E-state index is -0.652. The Labute approximate surface area is 110 Å². The lowest BCUT2D eigenvalue weighted by molar-refractivity contribution is 0.103. The number of hydrogen-bond acceptors (Lipinski definition) is 4. The number of H-pyrrole nitrogens is 1. The minimum absolute atomic E-state index is 0.000741. The Morgan fingerprint density at radius 3 is 2.63 bits per heavy atom. The molecule has 0 amide bonds. The first-order valence-electron chi connectivity index (χ1n) is 5.50. The third kappa shape index (κ3) is 1.82. The standard InChI is InChI=1S/C13H8N2O3S/c16-10(8-4-2-1-3-5-8)9-11(17)14-13(18)15-6-7-19-12(9)15/h1-7H,(H,14,17,18). The molecule has 3 aromatic rings. The number of hydrogen-bond donors (Lipinski definition) is 1. The molecule has 0 bridgehead atoms. The molecule has 1 aromatic carbocycles. The number of carbonyl (C=O) groups excluding carboxylic acids is 1. The zero-order chi connectivity index (χ0) is 13.4. The first kappa shape index (κ1) is 11.6. The van der Waals surface area contributed by atoms with Gasteiger partial charge in [-0.3, -0.25) is 19.0 Å². The van der Waals surface area contributed by atoms with Gasteiger partial charge in [-0.2, -0.15) is 0 Å². The molecule has 2 heterocycles. The summed E-state index contributed by atoms with van der Waals surface area (Å²) in [5, 5.41) is 1.66. The number of ketones is 1. The molecule has 5 nitrogen and oxygen atoms in total. The van der Waals surface area contributed by atoms with E-state index in [-0.39, 0.29) is 11.3 Å². The molecule has 3 rings (SSSR count). The number of fused-ring (bicyclic) bond motifs is 1. The first-order chi connectivity index (χ1) is 9.18. The highest BCUT2D eigenvalue weighted by Gasteiger charge is 2.18. The molecule has 0 unspecified atom stereocenters. The van der Waals surface area contributed by atoms with Crippen LogP contribution in [0.2, 0.25) is 0 Å². The molecule has 0 saturated heterocycles. The van der Waals surface area contributed by atoms with Crippen molar-refractivity contribution in [3.8, 4) is 0 Å². The molecule has 0 aliphatic rings. The summed E-state index contributed by atoms with van der Waals surface area (Å²) < 4.78 is 1.27. The lowest BCUT2D eigenvalue weighted by Gasteiger charge is -2.01. The summed E-state index contributed by atoms with van der Waals surface area (Å²) in [6, 6.07) is 8.51. The molecule has 0 atom stereocenters. The van der Waals surface area contributed by atoms with E-state index >= 15 is 0 Å². The quantitative estimate of drug-likeness (QED) is 0.714. The second kappa shape index (κ2) is 4.33. The fourth-order valence-corrected chi connectivity index (χ4v) is 2.74. The van der Waals surface area contributed by atoms with Crippen LogP contribution in [-0.2, 0) is 0 Å². The van der Waals surface area contributed by atoms with Crippen LogP contribution in [0.3, 0.4) is 0 Å². The fourth-order valence-electron chi connectivity index (χ4n) is 1.87. The third-order valence-electron chi connectivity index (χ3n) is 2.75. The van der Waals surface area contributed by atoms with E-state index in [0.717, 1.165) is 0 Å². The molecule has 0 aliphatic carbocycles. The number of thiazole rings is 1. The molecule has 0 saturated carbocycles. The van der Waals surface area contributed by atoms with E-state index in [4.69, 9.17) is 0 Å². The Kier molecular flexibility index (Phi) is 2.64. The summed E-state index contributed by atoms with van der Waals surface area (Å²) in [6.45, 7) is 0. The lowest BCUT2D eigenvalue weighted by Crippen LogP contribution is -2.30. The van der Waals surface area contributed by atoms with Gasteiger partial charge in [0.15, 0.2) is 0 Å². The number of nitrogens with one attached hydrogen (secondary N) is 1. The van der Waals surface area contributed by atoms with Gasteiger partial charge in [0.05, 0.1) is 0 Å². The fraction of sp³-hybridized carbons (Fsp3) is 0. The summed E-state index contributed by atoms with van der Waals surface area (Å²) in [6.07, 6.45) is 1.53. The molecule has 19 heavy (non-hydrogen) atoms. The topological polar surface area (TPSA) is 71.4 Å². The molecular weight excluding hydrogens is 264 g/mol. The van der Waals surface area contributed by atoms with Crippen LogP contribution in [0.4, 0.5) is 0 Å². The zero-order valence-corrected chi connectivity index (χ0v) is 10.4. The van der Waals surface area contributed by atoms with Crippen LogP contribution < -0.4 is 11.2 Å². The van der Waals surface area contributed by atoms with Gasteiger partial charge >= 0.3 is 5.69 Å². The van der Waals surface area contributed by atoms with Crippen molar-refractivity contribution in [2.24, 2.45) is 0 Å². The van der Waals surface area contributed by atoms with E-state index in [1.165, 1.54) is 21.9 Å². The lowest BCUT2D eigenvalue weighted by atomic mass is 10.1. The molecule has 0 spiro atoms. The van der Waals surface area contributed by atoms with Gasteiger partial charge < -0.3 is 0 Å². The molecule has 0 aliphatic heterocycles. The smallest absolute Gasteiger partial charge is 0.288 e. The van der Waals surface area contributed by atoms with Crippen LogP contribution in [0.15, 0.2) is 51.5 Å². The molecule has 2 aromatic heterocycles. The van der Waals surface area contributed by atoms with E-state index < -0.39 is 11.2 Å². The highest BCUT2D eigenvalue weighted by molar-refractivity contribution is 7.15. The second-order valence-electron chi connectivity index (χ2n) is 3.91. The van der Waals surface area contributed by atoms with Crippen molar-refractivity contribution < 1.29 is 4.79 Å². The minimum Gasteiger partial charge on any atom is -0.288 e. The maximum atomic E-state index is 12.4. The van der Waals surface area contributed by atoms with Gasteiger partial charge in [-0.25, -0.2) is 4.79 Å². The molecule has 6 heteroatoms. The van der Waals surface area contributed by atoms with Gasteiger partial charge in [0.2, 0.25) is 5.78 Å². The first-order valence-corrected chi connectivity index (χ1v) is 6.38. The van der Waals surface area contributed by atoms with Gasteiger partial charge in [-0.15, -0.1) is 11.3 Å². The zero-order valence-electron chi connectivity index (χ0n) is 9.62. The average molecular weight is 272 g/mol. The van der Waals surface area contributed by atoms with E-state index in [0.29, 0.717) is 10.4 Å². The normalized spacial score (nSPS) is 10.7. The van der Waals surface area contributed by atoms with E-state index in [1.54, 1.807) is 35.7 Å². The Balaban J connectivity index is 2.32. The van der Waals surface area contributed by atoms with Gasteiger partial charge in [-0.05, 0) is 0 Å². The average Bonchev–Trinajstić information content (AvgIpc) is 2.89. The van der Waals surface area contributed by atoms with Gasteiger partial charge in [0, 0.05) is 17.1 Å². The van der Waals surface area contributed by atoms with Crippen LogP contribution in [0.5, 0.6) is 0 Å². The van der Waals surface area contributed by atoms with Gasteiger partial charge in [-0.1, -0.05) is 30.3 Å². The summed E-state index contributed by atoms with van der Waals surface area (Å²) >= 11 is 1.19. The van der Waals surface area contributed by atoms with Crippen molar-refractivity contribution >= 4 is 22.0 Å². The van der Waals surface area contributed by atoms with Crippen molar-refractivity contribution in [3.63, 3.8) is 0 Å². The van der Waals surface area contributed by atoms with Gasteiger partial charge in [0.1, 0.15) is 10.4 Å². The SMILES string of the molecule is O=C(c1ccccc1)c1c(=O)[nH]c(=O)n2ccsc12. The number of carbonyl (C=O) groups is 1. The number of rotatable bonds is 2. The van der Waals surface area contributed by atoms with Crippen molar-refractivity contribution in [1.29, 1.82) is 0 Å². The number of aromatic amines is 1. The van der Waals surface area contributed by atoms with Crippen LogP contribution in [0.1, 0.15) is 15.9 Å². The molecule has 0 fully saturated rings. The largest absolute Gasteiger partial charge is 0.333 e. The predicted octanol–water partition coefficient (Wildman–Crippen LogP) is 1.28. The maximum Gasteiger partial charge on any atom is 0.333 e. The van der Waals surface area contributed by atoms with Crippen LogP contribution in [-0.4, -0.2) is 15.2 Å². The van der Waals surface area contributed by atoms with Crippen LogP contribution >= 0.6 is 11.3 Å². The maximum absolute atomic E-state index is 12.4. The summed E-state index contributed by atoms with van der Waals surface area (Å²) in [5.74, 6) is -0.387. The molecule has 1 N–H and O–H groups in total. The molecule has 94 valence electrons. The monoisotopic (exact) mass is 272 g/mol. The Morgan fingerprint density at radius 2 is 1.89 bits per heavy atom. The number of benzene rings is 1. The molecule has 0 radical (unpaired) electrons. The Hall–Kier alpha value is -2.47. The highest BCUT2D eigenvalue weighted by Crippen LogP contribution is 2.15. The van der Waals surface area contributed by atoms with Crippen molar-refractivity contribution in [2.45, 2.75) is 0 Å². The second-order valence-corrected chi connectivity index (χ2v) is 4.80. The van der Waals surface area contributed by atoms with E-state index in [2.05, 4.69) is 4.98 Å². The Morgan fingerprint density at radius 1 is 1.16 bits per heavy atom. The van der Waals surface area contributed by atoms with Crippen molar-refractivity contribution in [2.75, 3.05) is 0 Å². The van der Waals surface area contributed by atoms with Crippen molar-refractivity contribution in [1.82, 2.24) is 9.38 Å².